The molecule has 7 heteroatoms. The molecule has 0 aromatic carbocycles. The summed E-state index contributed by atoms with van der Waals surface area (Å²) < 4.78 is 0. The Morgan fingerprint density at radius 1 is 1.09 bits per heavy atom. The number of halogens is 1. The van der Waals surface area contributed by atoms with Gasteiger partial charge in [-0.15, -0.1) is 35.3 Å². The maximum absolute atomic E-state index is 11.7. The number of amides is 1. The predicted molar refractivity (Wildman–Crippen MR) is 110 cm³/mol. The van der Waals surface area contributed by atoms with Gasteiger partial charge in [0.1, 0.15) is 0 Å². The Morgan fingerprint density at radius 3 is 2.39 bits per heavy atom. The number of hydrogen-bond donors (Lipinski definition) is 3. The molecule has 0 aliphatic heterocycles. The monoisotopic (exact) mass is 452 g/mol. The Morgan fingerprint density at radius 2 is 1.78 bits per heavy atom. The van der Waals surface area contributed by atoms with Gasteiger partial charge in [0.15, 0.2) is 5.96 Å². The first-order valence-electron chi connectivity index (χ1n) is 8.04. The number of carbonyl (C=O) groups is 1. The summed E-state index contributed by atoms with van der Waals surface area (Å²) in [5, 5.41) is 11.4. The maximum Gasteiger partial charge on any atom is 0.261 e. The molecule has 0 radical (unpaired) electrons. The first-order chi connectivity index (χ1) is 10.8. The topological polar surface area (TPSA) is 65.5 Å². The predicted octanol–water partition coefficient (Wildman–Crippen LogP) is 3.23. The molecule has 23 heavy (non-hydrogen) atoms. The van der Waals surface area contributed by atoms with Gasteiger partial charge in [-0.2, -0.15) is 0 Å². The second-order valence-corrected chi connectivity index (χ2v) is 6.02. The average molecular weight is 452 g/mol. The molecule has 1 aromatic heterocycles. The summed E-state index contributed by atoms with van der Waals surface area (Å²) in [5.74, 6) is 0.842. The maximum atomic E-state index is 11.7. The van der Waals surface area contributed by atoms with Crippen molar-refractivity contribution in [3.63, 3.8) is 0 Å². The molecule has 0 saturated heterocycles. The molecule has 0 atom stereocenters. The van der Waals surface area contributed by atoms with Crippen molar-refractivity contribution in [3.05, 3.63) is 22.4 Å². The van der Waals surface area contributed by atoms with Crippen molar-refractivity contribution in [1.29, 1.82) is 0 Å². The van der Waals surface area contributed by atoms with Gasteiger partial charge in [0, 0.05) is 26.7 Å². The standard InChI is InChI=1S/C16H28N4OS.HI/c1-3-4-5-6-10-19-16(17-2)20-12-8-11-18-15(21)14-9-7-13-22-14;/h7,9,13H,3-6,8,10-12H2,1-2H3,(H,18,21)(H2,17,19,20);1H. The fraction of sp³-hybridized carbons (Fsp3) is 0.625. The summed E-state index contributed by atoms with van der Waals surface area (Å²) in [6, 6.07) is 3.72. The van der Waals surface area contributed by atoms with Crippen LogP contribution in [0.15, 0.2) is 22.5 Å². The van der Waals surface area contributed by atoms with E-state index >= 15 is 0 Å². The van der Waals surface area contributed by atoms with E-state index in [4.69, 9.17) is 0 Å². The fourth-order valence-electron chi connectivity index (χ4n) is 1.97. The van der Waals surface area contributed by atoms with E-state index in [9.17, 15) is 4.79 Å². The molecule has 1 amide bonds. The SMILES string of the molecule is CCCCCCNC(=NC)NCCCNC(=O)c1cccs1.I. The minimum absolute atomic E-state index is 0. The molecular formula is C16H29IN4OS. The molecule has 1 heterocycles. The van der Waals surface area contributed by atoms with E-state index < -0.39 is 0 Å². The third-order valence-corrected chi connectivity index (χ3v) is 4.09. The largest absolute Gasteiger partial charge is 0.356 e. The van der Waals surface area contributed by atoms with Crippen molar-refractivity contribution in [2.24, 2.45) is 4.99 Å². The quantitative estimate of drug-likeness (QED) is 0.221. The van der Waals surface area contributed by atoms with Crippen molar-refractivity contribution in [3.8, 4) is 0 Å². The number of guanidine groups is 1. The number of nitrogens with one attached hydrogen (secondary N) is 3. The number of rotatable bonds is 10. The van der Waals surface area contributed by atoms with E-state index in [-0.39, 0.29) is 29.9 Å². The van der Waals surface area contributed by atoms with E-state index in [1.807, 2.05) is 17.5 Å². The van der Waals surface area contributed by atoms with Gasteiger partial charge in [-0.3, -0.25) is 9.79 Å². The Kier molecular flexibility index (Phi) is 14.2. The molecule has 0 aliphatic rings. The van der Waals surface area contributed by atoms with Crippen molar-refractivity contribution in [2.45, 2.75) is 39.0 Å². The van der Waals surface area contributed by atoms with Crippen molar-refractivity contribution in [1.82, 2.24) is 16.0 Å². The van der Waals surface area contributed by atoms with Crippen LogP contribution in [0.5, 0.6) is 0 Å². The molecule has 0 fully saturated rings. The number of hydrogen-bond acceptors (Lipinski definition) is 3. The van der Waals surface area contributed by atoms with E-state index in [2.05, 4.69) is 27.9 Å². The Bertz CT molecular complexity index is 437. The molecule has 5 nitrogen and oxygen atoms in total. The van der Waals surface area contributed by atoms with Gasteiger partial charge in [-0.25, -0.2) is 0 Å². The summed E-state index contributed by atoms with van der Waals surface area (Å²) in [6.07, 6.45) is 5.84. The minimum Gasteiger partial charge on any atom is -0.356 e. The first-order valence-corrected chi connectivity index (χ1v) is 8.92. The van der Waals surface area contributed by atoms with Crippen molar-refractivity contribution in [2.75, 3.05) is 26.7 Å². The highest BCUT2D eigenvalue weighted by molar-refractivity contribution is 14.0. The van der Waals surface area contributed by atoms with E-state index in [1.165, 1.54) is 37.0 Å². The Hall–Kier alpha value is -0.830. The molecule has 0 saturated carbocycles. The summed E-state index contributed by atoms with van der Waals surface area (Å²) in [6.45, 7) is 4.62. The summed E-state index contributed by atoms with van der Waals surface area (Å²) in [4.78, 5) is 16.7. The number of unbranched alkanes of at least 4 members (excludes halogenated alkanes) is 3. The summed E-state index contributed by atoms with van der Waals surface area (Å²) >= 11 is 1.46. The third kappa shape index (κ3) is 10.5. The first kappa shape index (κ1) is 22.2. The van der Waals surface area contributed by atoms with Crippen LogP contribution in [0.4, 0.5) is 0 Å². The zero-order chi connectivity index (χ0) is 16.0. The lowest BCUT2D eigenvalue weighted by molar-refractivity contribution is 0.0957. The molecule has 1 aromatic rings. The van der Waals surface area contributed by atoms with Crippen LogP contribution in [0.3, 0.4) is 0 Å². The molecule has 0 bridgehead atoms. The Balaban J connectivity index is 0.00000484. The molecule has 1 rings (SSSR count). The van der Waals surface area contributed by atoms with Crippen LogP contribution in [0.25, 0.3) is 0 Å². The van der Waals surface area contributed by atoms with Crippen LogP contribution >= 0.6 is 35.3 Å². The van der Waals surface area contributed by atoms with Gasteiger partial charge >= 0.3 is 0 Å². The summed E-state index contributed by atoms with van der Waals surface area (Å²) in [7, 11) is 1.78. The van der Waals surface area contributed by atoms with Crippen LogP contribution in [-0.2, 0) is 0 Å². The Labute approximate surface area is 160 Å². The normalized spacial score (nSPS) is 10.8. The molecule has 3 N–H and O–H groups in total. The van der Waals surface area contributed by atoms with Gasteiger partial charge in [-0.05, 0) is 24.3 Å². The van der Waals surface area contributed by atoms with E-state index in [1.54, 1.807) is 7.05 Å². The molecule has 132 valence electrons. The van der Waals surface area contributed by atoms with Gasteiger partial charge in [0.05, 0.1) is 4.88 Å². The molecule has 0 unspecified atom stereocenters. The van der Waals surface area contributed by atoms with Crippen LogP contribution < -0.4 is 16.0 Å². The zero-order valence-electron chi connectivity index (χ0n) is 14.1. The van der Waals surface area contributed by atoms with E-state index in [0.29, 0.717) is 6.54 Å². The number of nitrogens with zero attached hydrogens (tertiary/aromatic N) is 1. The third-order valence-electron chi connectivity index (χ3n) is 3.22. The van der Waals surface area contributed by atoms with Gasteiger partial charge in [0.25, 0.3) is 5.91 Å². The lowest BCUT2D eigenvalue weighted by Crippen LogP contribution is -2.39. The van der Waals surface area contributed by atoms with Crippen molar-refractivity contribution < 1.29 is 4.79 Å². The minimum atomic E-state index is 0. The van der Waals surface area contributed by atoms with Gasteiger partial charge in [-0.1, -0.05) is 32.3 Å². The van der Waals surface area contributed by atoms with Crippen LogP contribution in [0.1, 0.15) is 48.7 Å². The summed E-state index contributed by atoms with van der Waals surface area (Å²) in [5.41, 5.74) is 0. The molecule has 0 aliphatic carbocycles. The molecule has 0 spiro atoms. The lowest BCUT2D eigenvalue weighted by Gasteiger charge is -2.11. The number of aliphatic imine (C=N–C) groups is 1. The highest BCUT2D eigenvalue weighted by atomic mass is 127. The zero-order valence-corrected chi connectivity index (χ0v) is 17.2. The number of carbonyl (C=O) groups excluding carboxylic acids is 1. The van der Waals surface area contributed by atoms with Crippen LogP contribution in [-0.4, -0.2) is 38.5 Å². The average Bonchev–Trinajstić information content (AvgIpc) is 3.06. The van der Waals surface area contributed by atoms with Gasteiger partial charge < -0.3 is 16.0 Å². The second kappa shape index (κ2) is 14.7. The van der Waals surface area contributed by atoms with Crippen molar-refractivity contribution >= 4 is 47.2 Å². The molecular weight excluding hydrogens is 423 g/mol. The smallest absolute Gasteiger partial charge is 0.261 e. The highest BCUT2D eigenvalue weighted by Crippen LogP contribution is 2.07. The highest BCUT2D eigenvalue weighted by Gasteiger charge is 2.04. The lowest BCUT2D eigenvalue weighted by atomic mass is 10.2. The van der Waals surface area contributed by atoms with Gasteiger partial charge in [0.2, 0.25) is 0 Å². The fourth-order valence-corrected chi connectivity index (χ4v) is 2.61. The number of thiophene rings is 1. The van der Waals surface area contributed by atoms with Crippen LogP contribution in [0, 0.1) is 0 Å². The second-order valence-electron chi connectivity index (χ2n) is 5.07. The van der Waals surface area contributed by atoms with Crippen LogP contribution in [0.2, 0.25) is 0 Å². The van der Waals surface area contributed by atoms with E-state index in [0.717, 1.165) is 30.3 Å².